The Morgan fingerprint density at radius 1 is 1.12 bits per heavy atom. The second-order valence-electron chi connectivity index (χ2n) is 5.15. The Morgan fingerprint density at radius 2 is 1.81 bits per heavy atom. The van der Waals surface area contributed by atoms with Crippen LogP contribution in [-0.4, -0.2) is 18.0 Å². The number of furan rings is 1. The van der Waals surface area contributed by atoms with E-state index in [1.165, 1.54) is 38.8 Å². The average Bonchev–Trinajstić information content (AvgIpc) is 2.56. The Balaban J connectivity index is 1.91. The van der Waals surface area contributed by atoms with Crippen LogP contribution >= 0.6 is 0 Å². The SMILES string of the molecule is CC(C)c1ccc(CN2CCCCCC2)o1. The Labute approximate surface area is 98.6 Å². The molecular weight excluding hydrogens is 198 g/mol. The van der Waals surface area contributed by atoms with Crippen molar-refractivity contribution in [3.63, 3.8) is 0 Å². The molecule has 0 amide bonds. The van der Waals surface area contributed by atoms with Crippen LogP contribution in [0.1, 0.15) is 57.0 Å². The molecular formula is C14H23NO. The summed E-state index contributed by atoms with van der Waals surface area (Å²) >= 11 is 0. The smallest absolute Gasteiger partial charge is 0.118 e. The van der Waals surface area contributed by atoms with Gasteiger partial charge in [0.1, 0.15) is 11.5 Å². The summed E-state index contributed by atoms with van der Waals surface area (Å²) < 4.78 is 5.85. The van der Waals surface area contributed by atoms with Crippen LogP contribution < -0.4 is 0 Å². The predicted molar refractivity (Wildman–Crippen MR) is 66.5 cm³/mol. The van der Waals surface area contributed by atoms with Crippen molar-refractivity contribution in [1.82, 2.24) is 4.90 Å². The molecule has 0 N–H and O–H groups in total. The number of nitrogens with zero attached hydrogens (tertiary/aromatic N) is 1. The second-order valence-corrected chi connectivity index (χ2v) is 5.15. The monoisotopic (exact) mass is 221 g/mol. The van der Waals surface area contributed by atoms with Crippen LogP contribution in [0.3, 0.4) is 0 Å². The number of likely N-dealkylation sites (tertiary alicyclic amines) is 1. The minimum Gasteiger partial charge on any atom is -0.464 e. The fourth-order valence-corrected chi connectivity index (χ4v) is 2.30. The predicted octanol–water partition coefficient (Wildman–Crippen LogP) is 3.78. The van der Waals surface area contributed by atoms with Gasteiger partial charge in [0.25, 0.3) is 0 Å². The van der Waals surface area contributed by atoms with E-state index in [4.69, 9.17) is 4.42 Å². The van der Waals surface area contributed by atoms with E-state index in [9.17, 15) is 0 Å². The van der Waals surface area contributed by atoms with Gasteiger partial charge in [-0.3, -0.25) is 4.90 Å². The summed E-state index contributed by atoms with van der Waals surface area (Å²) in [6.07, 6.45) is 5.48. The van der Waals surface area contributed by atoms with E-state index in [-0.39, 0.29) is 0 Å². The maximum Gasteiger partial charge on any atom is 0.118 e. The molecule has 2 heterocycles. The molecule has 0 spiro atoms. The summed E-state index contributed by atoms with van der Waals surface area (Å²) in [5.41, 5.74) is 0. The topological polar surface area (TPSA) is 16.4 Å². The molecule has 0 saturated carbocycles. The average molecular weight is 221 g/mol. The summed E-state index contributed by atoms with van der Waals surface area (Å²) in [6, 6.07) is 4.26. The second kappa shape index (κ2) is 5.53. The van der Waals surface area contributed by atoms with E-state index in [1.807, 2.05) is 0 Å². The molecule has 90 valence electrons. The molecule has 2 rings (SSSR count). The van der Waals surface area contributed by atoms with Crippen LogP contribution in [-0.2, 0) is 6.54 Å². The number of hydrogen-bond acceptors (Lipinski definition) is 2. The highest BCUT2D eigenvalue weighted by atomic mass is 16.3. The van der Waals surface area contributed by atoms with Crippen LogP contribution in [0.2, 0.25) is 0 Å². The number of rotatable bonds is 3. The molecule has 0 aliphatic carbocycles. The van der Waals surface area contributed by atoms with Gasteiger partial charge in [0.15, 0.2) is 0 Å². The first-order valence-corrected chi connectivity index (χ1v) is 6.56. The van der Waals surface area contributed by atoms with E-state index in [1.54, 1.807) is 0 Å². The third kappa shape index (κ3) is 3.11. The van der Waals surface area contributed by atoms with Gasteiger partial charge in [0.2, 0.25) is 0 Å². The van der Waals surface area contributed by atoms with Gasteiger partial charge >= 0.3 is 0 Å². The van der Waals surface area contributed by atoms with Crippen LogP contribution in [0.4, 0.5) is 0 Å². The lowest BCUT2D eigenvalue weighted by atomic mass is 10.2. The van der Waals surface area contributed by atoms with Crippen molar-refractivity contribution < 1.29 is 4.42 Å². The molecule has 1 aliphatic rings. The molecule has 1 aromatic heterocycles. The Hall–Kier alpha value is -0.760. The lowest BCUT2D eigenvalue weighted by Crippen LogP contribution is -2.23. The first-order valence-electron chi connectivity index (χ1n) is 6.56. The summed E-state index contributed by atoms with van der Waals surface area (Å²) in [7, 11) is 0. The van der Waals surface area contributed by atoms with Crippen molar-refractivity contribution in [3.05, 3.63) is 23.7 Å². The minimum absolute atomic E-state index is 0.498. The molecule has 0 aromatic carbocycles. The lowest BCUT2D eigenvalue weighted by Gasteiger charge is -2.17. The fraction of sp³-hybridized carbons (Fsp3) is 0.714. The molecule has 1 aromatic rings. The molecule has 1 aliphatic heterocycles. The van der Waals surface area contributed by atoms with Crippen molar-refractivity contribution in [3.8, 4) is 0 Å². The molecule has 2 heteroatoms. The normalized spacial score (nSPS) is 18.9. The van der Waals surface area contributed by atoms with Crippen LogP contribution in [0.15, 0.2) is 16.5 Å². The molecule has 16 heavy (non-hydrogen) atoms. The van der Waals surface area contributed by atoms with E-state index in [2.05, 4.69) is 30.9 Å². The molecule has 0 bridgehead atoms. The van der Waals surface area contributed by atoms with Gasteiger partial charge in [0, 0.05) is 5.92 Å². The molecule has 1 saturated heterocycles. The maximum atomic E-state index is 5.85. The van der Waals surface area contributed by atoms with Crippen molar-refractivity contribution in [2.24, 2.45) is 0 Å². The zero-order valence-electron chi connectivity index (χ0n) is 10.5. The van der Waals surface area contributed by atoms with Gasteiger partial charge in [-0.05, 0) is 38.1 Å². The third-order valence-electron chi connectivity index (χ3n) is 3.33. The molecule has 0 atom stereocenters. The van der Waals surface area contributed by atoms with Gasteiger partial charge in [0.05, 0.1) is 6.54 Å². The molecule has 2 nitrogen and oxygen atoms in total. The van der Waals surface area contributed by atoms with Gasteiger partial charge in [-0.15, -0.1) is 0 Å². The molecule has 0 radical (unpaired) electrons. The molecule has 0 unspecified atom stereocenters. The highest BCUT2D eigenvalue weighted by Crippen LogP contribution is 2.19. The molecule has 1 fully saturated rings. The Morgan fingerprint density at radius 3 is 2.38 bits per heavy atom. The van der Waals surface area contributed by atoms with Crippen molar-refractivity contribution >= 4 is 0 Å². The standard InChI is InChI=1S/C14H23NO/c1-12(2)14-8-7-13(16-14)11-15-9-5-3-4-6-10-15/h7-8,12H,3-6,9-11H2,1-2H3. The van der Waals surface area contributed by atoms with Gasteiger partial charge in [-0.2, -0.15) is 0 Å². The quantitative estimate of drug-likeness (QED) is 0.772. The van der Waals surface area contributed by atoms with Gasteiger partial charge < -0.3 is 4.42 Å². The zero-order chi connectivity index (χ0) is 11.4. The van der Waals surface area contributed by atoms with E-state index >= 15 is 0 Å². The summed E-state index contributed by atoms with van der Waals surface area (Å²) in [4.78, 5) is 2.52. The fourth-order valence-electron chi connectivity index (χ4n) is 2.30. The first-order chi connectivity index (χ1) is 7.75. The van der Waals surface area contributed by atoms with Crippen LogP contribution in [0.5, 0.6) is 0 Å². The van der Waals surface area contributed by atoms with Crippen molar-refractivity contribution in [2.45, 2.75) is 52.0 Å². The van der Waals surface area contributed by atoms with E-state index in [0.717, 1.165) is 18.1 Å². The summed E-state index contributed by atoms with van der Waals surface area (Å²) in [5.74, 6) is 2.74. The highest BCUT2D eigenvalue weighted by molar-refractivity contribution is 5.10. The zero-order valence-corrected chi connectivity index (χ0v) is 10.5. The van der Waals surface area contributed by atoms with Gasteiger partial charge in [-0.25, -0.2) is 0 Å². The number of hydrogen-bond donors (Lipinski definition) is 0. The lowest BCUT2D eigenvalue weighted by molar-refractivity contribution is 0.249. The Bertz CT molecular complexity index is 308. The highest BCUT2D eigenvalue weighted by Gasteiger charge is 2.12. The largest absolute Gasteiger partial charge is 0.464 e. The maximum absolute atomic E-state index is 5.85. The minimum atomic E-state index is 0.498. The van der Waals surface area contributed by atoms with Crippen LogP contribution in [0.25, 0.3) is 0 Å². The van der Waals surface area contributed by atoms with Crippen molar-refractivity contribution in [2.75, 3.05) is 13.1 Å². The van der Waals surface area contributed by atoms with Crippen LogP contribution in [0, 0.1) is 0 Å². The third-order valence-corrected chi connectivity index (χ3v) is 3.33. The van der Waals surface area contributed by atoms with E-state index < -0.39 is 0 Å². The Kier molecular flexibility index (Phi) is 4.05. The van der Waals surface area contributed by atoms with E-state index in [0.29, 0.717) is 5.92 Å². The summed E-state index contributed by atoms with van der Waals surface area (Å²) in [6.45, 7) is 7.81. The van der Waals surface area contributed by atoms with Crippen molar-refractivity contribution in [1.29, 1.82) is 0 Å². The van der Waals surface area contributed by atoms with Gasteiger partial charge in [-0.1, -0.05) is 26.7 Å². The first kappa shape index (κ1) is 11.7. The summed E-state index contributed by atoms with van der Waals surface area (Å²) in [5, 5.41) is 0.